The first-order valence-electron chi connectivity index (χ1n) is 7.51. The number of hydrogen-bond donors (Lipinski definition) is 0. The summed E-state index contributed by atoms with van der Waals surface area (Å²) >= 11 is 0. The first-order chi connectivity index (χ1) is 10.9. The molecular weight excluding hydrogens is 323 g/mol. The van der Waals surface area contributed by atoms with E-state index in [1.165, 1.54) is 13.2 Å². The van der Waals surface area contributed by atoms with Crippen LogP contribution in [0.4, 0.5) is 4.39 Å². The van der Waals surface area contributed by atoms with Gasteiger partial charge in [0.2, 0.25) is 15.9 Å². The van der Waals surface area contributed by atoms with Gasteiger partial charge in [0.15, 0.2) is 0 Å². The van der Waals surface area contributed by atoms with Gasteiger partial charge in [0, 0.05) is 19.6 Å². The molecule has 0 spiro atoms. The van der Waals surface area contributed by atoms with Gasteiger partial charge in [0.25, 0.3) is 0 Å². The minimum atomic E-state index is -4.02. The molecule has 128 valence electrons. The summed E-state index contributed by atoms with van der Waals surface area (Å²) in [5.74, 6) is -0.854. The molecule has 0 bridgehead atoms. The average molecular weight is 344 g/mol. The average Bonchev–Trinajstić information content (AvgIpc) is 3.06. The Bertz CT molecular complexity index is 672. The minimum absolute atomic E-state index is 0.0541. The van der Waals surface area contributed by atoms with Crippen LogP contribution in [0.3, 0.4) is 0 Å². The van der Waals surface area contributed by atoms with Crippen LogP contribution in [0.25, 0.3) is 0 Å². The number of carbonyl (C=O) groups is 1. The van der Waals surface area contributed by atoms with Crippen molar-refractivity contribution < 1.29 is 22.3 Å². The second kappa shape index (κ2) is 7.27. The SMILES string of the molecule is CCN(CC(=O)N1CCCC1)S(=O)(=O)c1cc(F)ccc1OC. The van der Waals surface area contributed by atoms with Crippen molar-refractivity contribution in [2.24, 2.45) is 0 Å². The van der Waals surface area contributed by atoms with Crippen molar-refractivity contribution in [3.05, 3.63) is 24.0 Å². The van der Waals surface area contributed by atoms with E-state index in [9.17, 15) is 17.6 Å². The Morgan fingerprint density at radius 1 is 1.35 bits per heavy atom. The molecule has 1 aromatic carbocycles. The quantitative estimate of drug-likeness (QED) is 0.784. The molecule has 23 heavy (non-hydrogen) atoms. The van der Waals surface area contributed by atoms with Gasteiger partial charge in [0.1, 0.15) is 16.5 Å². The number of carbonyl (C=O) groups excluding carboxylic acids is 1. The van der Waals surface area contributed by atoms with Gasteiger partial charge in [-0.05, 0) is 31.0 Å². The molecule has 0 unspecified atom stereocenters. The van der Waals surface area contributed by atoms with Gasteiger partial charge in [-0.25, -0.2) is 12.8 Å². The van der Waals surface area contributed by atoms with E-state index in [0.29, 0.717) is 13.1 Å². The fourth-order valence-electron chi connectivity index (χ4n) is 2.58. The number of rotatable bonds is 6. The van der Waals surface area contributed by atoms with Gasteiger partial charge in [0.05, 0.1) is 13.7 Å². The van der Waals surface area contributed by atoms with Crippen molar-refractivity contribution >= 4 is 15.9 Å². The van der Waals surface area contributed by atoms with E-state index in [1.54, 1.807) is 11.8 Å². The monoisotopic (exact) mass is 344 g/mol. The number of methoxy groups -OCH3 is 1. The standard InChI is InChI=1S/C15H21FN2O4S/c1-3-18(11-15(19)17-8-4-5-9-17)23(20,21)14-10-12(16)6-7-13(14)22-2/h6-7,10H,3-5,8-9,11H2,1-2H3. The topological polar surface area (TPSA) is 66.9 Å². The molecule has 2 rings (SSSR count). The van der Waals surface area contributed by atoms with Crippen LogP contribution in [0.2, 0.25) is 0 Å². The number of nitrogens with zero attached hydrogens (tertiary/aromatic N) is 2. The Morgan fingerprint density at radius 2 is 2.00 bits per heavy atom. The van der Waals surface area contributed by atoms with E-state index in [-0.39, 0.29) is 29.6 Å². The first-order valence-corrected chi connectivity index (χ1v) is 8.95. The third kappa shape index (κ3) is 3.81. The first kappa shape index (κ1) is 17.7. The molecular formula is C15H21FN2O4S. The van der Waals surface area contributed by atoms with Gasteiger partial charge < -0.3 is 9.64 Å². The number of likely N-dealkylation sites (N-methyl/N-ethyl adjacent to an activating group) is 1. The number of ether oxygens (including phenoxy) is 1. The number of likely N-dealkylation sites (tertiary alicyclic amines) is 1. The van der Waals surface area contributed by atoms with Crippen molar-refractivity contribution in [2.75, 3.05) is 33.3 Å². The fourth-order valence-corrected chi connectivity index (χ4v) is 4.14. The number of sulfonamides is 1. The highest BCUT2D eigenvalue weighted by Gasteiger charge is 2.30. The highest BCUT2D eigenvalue weighted by atomic mass is 32.2. The van der Waals surface area contributed by atoms with Crippen molar-refractivity contribution in [1.82, 2.24) is 9.21 Å². The van der Waals surface area contributed by atoms with Gasteiger partial charge in [-0.3, -0.25) is 4.79 Å². The zero-order valence-corrected chi connectivity index (χ0v) is 14.1. The maximum Gasteiger partial charge on any atom is 0.247 e. The predicted octanol–water partition coefficient (Wildman–Crippen LogP) is 1.47. The molecule has 1 fully saturated rings. The normalized spacial score (nSPS) is 15.2. The van der Waals surface area contributed by atoms with Gasteiger partial charge in [-0.1, -0.05) is 6.92 Å². The van der Waals surface area contributed by atoms with Gasteiger partial charge in [-0.15, -0.1) is 0 Å². The Hall–Kier alpha value is -1.67. The second-order valence-electron chi connectivity index (χ2n) is 5.31. The number of halogens is 1. The van der Waals surface area contributed by atoms with Crippen LogP contribution in [-0.4, -0.2) is 56.8 Å². The highest BCUT2D eigenvalue weighted by Crippen LogP contribution is 2.27. The largest absolute Gasteiger partial charge is 0.495 e. The Labute approximate surface area is 135 Å². The molecule has 1 aliphatic rings. The molecule has 0 aromatic heterocycles. The fraction of sp³-hybridized carbons (Fsp3) is 0.533. The van der Waals surface area contributed by atoms with Crippen LogP contribution < -0.4 is 4.74 Å². The molecule has 0 radical (unpaired) electrons. The molecule has 8 heteroatoms. The van der Waals surface area contributed by atoms with E-state index in [4.69, 9.17) is 4.74 Å². The molecule has 0 aliphatic carbocycles. The molecule has 1 aromatic rings. The molecule has 1 heterocycles. The lowest BCUT2D eigenvalue weighted by molar-refractivity contribution is -0.130. The summed E-state index contributed by atoms with van der Waals surface area (Å²) in [5, 5.41) is 0. The van der Waals surface area contributed by atoms with Crippen LogP contribution in [0.5, 0.6) is 5.75 Å². The molecule has 0 saturated carbocycles. The van der Waals surface area contributed by atoms with E-state index < -0.39 is 15.8 Å². The van der Waals surface area contributed by atoms with Crippen LogP contribution in [0.15, 0.2) is 23.1 Å². The van der Waals surface area contributed by atoms with E-state index in [2.05, 4.69) is 0 Å². The van der Waals surface area contributed by atoms with Crippen molar-refractivity contribution in [3.8, 4) is 5.75 Å². The van der Waals surface area contributed by atoms with Crippen molar-refractivity contribution in [1.29, 1.82) is 0 Å². The van der Waals surface area contributed by atoms with Crippen LogP contribution in [0, 0.1) is 5.82 Å². The summed E-state index contributed by atoms with van der Waals surface area (Å²) < 4.78 is 45.0. The smallest absolute Gasteiger partial charge is 0.247 e. The zero-order valence-electron chi connectivity index (χ0n) is 13.3. The molecule has 6 nitrogen and oxygen atoms in total. The summed E-state index contributed by atoms with van der Waals surface area (Å²) in [5.41, 5.74) is 0. The summed E-state index contributed by atoms with van der Waals surface area (Å²) in [4.78, 5) is 13.6. The lowest BCUT2D eigenvalue weighted by Gasteiger charge is -2.24. The third-order valence-corrected chi connectivity index (χ3v) is 5.81. The van der Waals surface area contributed by atoms with E-state index in [0.717, 1.165) is 29.3 Å². The van der Waals surface area contributed by atoms with E-state index in [1.807, 2.05) is 0 Å². The third-order valence-electron chi connectivity index (χ3n) is 3.87. The van der Waals surface area contributed by atoms with Crippen LogP contribution in [0.1, 0.15) is 19.8 Å². The van der Waals surface area contributed by atoms with Gasteiger partial charge >= 0.3 is 0 Å². The number of amides is 1. The molecule has 0 atom stereocenters. The van der Waals surface area contributed by atoms with Gasteiger partial charge in [-0.2, -0.15) is 4.31 Å². The number of hydrogen-bond acceptors (Lipinski definition) is 4. The maximum absolute atomic E-state index is 13.5. The van der Waals surface area contributed by atoms with E-state index >= 15 is 0 Å². The Morgan fingerprint density at radius 3 is 2.57 bits per heavy atom. The summed E-state index contributed by atoms with van der Waals surface area (Å²) in [6, 6.07) is 3.30. The molecule has 0 N–H and O–H groups in total. The highest BCUT2D eigenvalue weighted by molar-refractivity contribution is 7.89. The van der Waals surface area contributed by atoms with Crippen molar-refractivity contribution in [2.45, 2.75) is 24.7 Å². The molecule has 1 saturated heterocycles. The minimum Gasteiger partial charge on any atom is -0.495 e. The summed E-state index contributed by atoms with van der Waals surface area (Å²) in [7, 11) is -2.70. The lowest BCUT2D eigenvalue weighted by Crippen LogP contribution is -2.41. The van der Waals surface area contributed by atoms with Crippen LogP contribution in [-0.2, 0) is 14.8 Å². The summed E-state index contributed by atoms with van der Waals surface area (Å²) in [6.45, 7) is 2.81. The number of benzene rings is 1. The second-order valence-corrected chi connectivity index (χ2v) is 7.22. The molecule has 1 aliphatic heterocycles. The lowest BCUT2D eigenvalue weighted by atomic mass is 10.3. The van der Waals surface area contributed by atoms with Crippen molar-refractivity contribution in [3.63, 3.8) is 0 Å². The molecule has 1 amide bonds. The maximum atomic E-state index is 13.5. The van der Waals surface area contributed by atoms with Crippen LogP contribution >= 0.6 is 0 Å². The predicted molar refractivity (Wildman–Crippen MR) is 83.2 cm³/mol. The Kier molecular flexibility index (Phi) is 5.59. The summed E-state index contributed by atoms with van der Waals surface area (Å²) in [6.07, 6.45) is 1.87. The zero-order chi connectivity index (χ0) is 17.0. The Balaban J connectivity index is 2.28.